The van der Waals surface area contributed by atoms with Crippen LogP contribution in [0.15, 0.2) is 18.3 Å². The highest BCUT2D eigenvalue weighted by Gasteiger charge is 2.17. The number of alkyl halides is 1. The molecule has 1 aromatic carbocycles. The average Bonchev–Trinajstić information content (AvgIpc) is 2.96. The summed E-state index contributed by atoms with van der Waals surface area (Å²) in [5.74, 6) is 0.512. The number of aryl methyl sites for hydroxylation is 1. The molecule has 0 spiro atoms. The number of thiazole rings is 1. The first-order chi connectivity index (χ1) is 9.95. The predicted octanol–water partition coefficient (Wildman–Crippen LogP) is 4.89. The molecule has 3 rings (SSSR count). The Morgan fingerprint density at radius 1 is 1.48 bits per heavy atom. The van der Waals surface area contributed by atoms with Crippen molar-refractivity contribution in [1.29, 1.82) is 0 Å². The minimum Gasteiger partial charge on any atom is -0.321 e. The van der Waals surface area contributed by atoms with Gasteiger partial charge >= 0.3 is 0 Å². The molecule has 0 aliphatic rings. The minimum atomic E-state index is -0.243. The number of hydrogen-bond donors (Lipinski definition) is 0. The lowest BCUT2D eigenvalue weighted by Crippen LogP contribution is -2.05. The predicted molar refractivity (Wildman–Crippen MR) is 92.6 cm³/mol. The SMILES string of the molecule is Cc1ncc(Cn2c(C(C)Cl)nc3cc(I)c(F)cc32)s1. The second-order valence-electron chi connectivity index (χ2n) is 4.77. The largest absolute Gasteiger partial charge is 0.321 e. The van der Waals surface area contributed by atoms with Gasteiger partial charge in [-0.1, -0.05) is 0 Å². The van der Waals surface area contributed by atoms with Crippen LogP contribution in [0.1, 0.15) is 28.0 Å². The number of benzene rings is 1. The summed E-state index contributed by atoms with van der Waals surface area (Å²) in [6.07, 6.45) is 1.84. The van der Waals surface area contributed by atoms with Crippen molar-refractivity contribution in [2.24, 2.45) is 0 Å². The van der Waals surface area contributed by atoms with Gasteiger partial charge in [0.25, 0.3) is 0 Å². The third-order valence-electron chi connectivity index (χ3n) is 3.16. The Bertz CT molecular complexity index is 812. The standard InChI is InChI=1S/C14H12ClFIN3S/c1-7(15)14-19-12-4-11(17)10(16)3-13(12)20(14)6-9-5-18-8(2)21-9/h3-5,7H,6H2,1-2H3. The highest BCUT2D eigenvalue weighted by atomic mass is 127. The molecule has 7 heteroatoms. The van der Waals surface area contributed by atoms with Crippen molar-refractivity contribution in [2.75, 3.05) is 0 Å². The summed E-state index contributed by atoms with van der Waals surface area (Å²) in [4.78, 5) is 9.92. The Morgan fingerprint density at radius 3 is 2.86 bits per heavy atom. The van der Waals surface area contributed by atoms with Gasteiger partial charge in [0.05, 0.1) is 31.5 Å². The molecule has 0 saturated heterocycles. The summed E-state index contributed by atoms with van der Waals surface area (Å²) in [7, 11) is 0. The molecule has 0 fully saturated rings. The van der Waals surface area contributed by atoms with Crippen LogP contribution in [0.25, 0.3) is 11.0 Å². The molecule has 0 N–H and O–H groups in total. The Kier molecular flexibility index (Phi) is 4.20. The molecule has 0 bridgehead atoms. The van der Waals surface area contributed by atoms with Crippen LogP contribution in [0.5, 0.6) is 0 Å². The Labute approximate surface area is 144 Å². The first-order valence-electron chi connectivity index (χ1n) is 6.36. The van der Waals surface area contributed by atoms with Crippen LogP contribution >= 0.6 is 45.5 Å². The Hall–Kier alpha value is -0.730. The van der Waals surface area contributed by atoms with Gasteiger partial charge in [-0.05, 0) is 42.5 Å². The van der Waals surface area contributed by atoms with Crippen molar-refractivity contribution in [3.8, 4) is 0 Å². The van der Waals surface area contributed by atoms with Gasteiger partial charge in [0.15, 0.2) is 0 Å². The summed E-state index contributed by atoms with van der Waals surface area (Å²) in [6.45, 7) is 4.44. The van der Waals surface area contributed by atoms with Crippen molar-refractivity contribution in [2.45, 2.75) is 25.8 Å². The van der Waals surface area contributed by atoms with E-state index in [-0.39, 0.29) is 11.2 Å². The highest BCUT2D eigenvalue weighted by Crippen LogP contribution is 2.28. The third kappa shape index (κ3) is 2.93. The average molecular weight is 436 g/mol. The molecule has 0 radical (unpaired) electrons. The van der Waals surface area contributed by atoms with E-state index in [2.05, 4.69) is 9.97 Å². The lowest BCUT2D eigenvalue weighted by molar-refractivity contribution is 0.621. The number of rotatable bonds is 3. The molecule has 1 atom stereocenters. The summed E-state index contributed by atoms with van der Waals surface area (Å²) in [6, 6.07) is 3.28. The van der Waals surface area contributed by atoms with Gasteiger partial charge in [-0.3, -0.25) is 0 Å². The lowest BCUT2D eigenvalue weighted by atomic mass is 10.3. The number of nitrogens with zero attached hydrogens (tertiary/aromatic N) is 3. The third-order valence-corrected chi connectivity index (χ3v) is 5.08. The molecule has 0 saturated carbocycles. The van der Waals surface area contributed by atoms with E-state index in [1.807, 2.05) is 47.2 Å². The van der Waals surface area contributed by atoms with E-state index in [4.69, 9.17) is 11.6 Å². The van der Waals surface area contributed by atoms with Gasteiger partial charge in [0, 0.05) is 17.1 Å². The zero-order valence-electron chi connectivity index (χ0n) is 11.4. The van der Waals surface area contributed by atoms with Crippen LogP contribution in [0.3, 0.4) is 0 Å². The fourth-order valence-electron chi connectivity index (χ4n) is 2.24. The van der Waals surface area contributed by atoms with Crippen molar-refractivity contribution in [3.05, 3.63) is 43.4 Å². The van der Waals surface area contributed by atoms with Crippen LogP contribution in [-0.4, -0.2) is 14.5 Å². The van der Waals surface area contributed by atoms with Crippen molar-refractivity contribution < 1.29 is 4.39 Å². The minimum absolute atomic E-state index is 0.237. The topological polar surface area (TPSA) is 30.7 Å². The molecule has 0 aliphatic heterocycles. The quantitative estimate of drug-likeness (QED) is 0.433. The zero-order valence-corrected chi connectivity index (χ0v) is 15.1. The van der Waals surface area contributed by atoms with Crippen LogP contribution in [0.4, 0.5) is 4.39 Å². The molecule has 3 aromatic rings. The van der Waals surface area contributed by atoms with Crippen molar-refractivity contribution in [3.63, 3.8) is 0 Å². The molecular weight excluding hydrogens is 424 g/mol. The number of fused-ring (bicyclic) bond motifs is 1. The van der Waals surface area contributed by atoms with Gasteiger partial charge in [0.2, 0.25) is 0 Å². The summed E-state index contributed by atoms with van der Waals surface area (Å²) < 4.78 is 16.4. The number of hydrogen-bond acceptors (Lipinski definition) is 3. The Morgan fingerprint density at radius 2 is 2.24 bits per heavy atom. The smallest absolute Gasteiger partial charge is 0.138 e. The second-order valence-corrected chi connectivity index (χ2v) is 7.91. The van der Waals surface area contributed by atoms with Gasteiger partial charge in [-0.2, -0.15) is 0 Å². The van der Waals surface area contributed by atoms with E-state index in [1.165, 1.54) is 6.07 Å². The first kappa shape index (κ1) is 15.2. The molecule has 1 unspecified atom stereocenters. The number of imidazole rings is 1. The van der Waals surface area contributed by atoms with Crippen LogP contribution in [0, 0.1) is 16.3 Å². The molecule has 2 aromatic heterocycles. The molecule has 3 nitrogen and oxygen atoms in total. The number of halogens is 3. The van der Waals surface area contributed by atoms with E-state index in [0.29, 0.717) is 10.1 Å². The maximum absolute atomic E-state index is 13.9. The second kappa shape index (κ2) is 5.81. The van der Waals surface area contributed by atoms with Crippen LogP contribution in [0.2, 0.25) is 0 Å². The van der Waals surface area contributed by atoms with Crippen LogP contribution < -0.4 is 0 Å². The van der Waals surface area contributed by atoms with E-state index < -0.39 is 0 Å². The van der Waals surface area contributed by atoms with E-state index in [9.17, 15) is 4.39 Å². The summed E-state index contributed by atoms with van der Waals surface area (Å²) in [5, 5.41) is 0.766. The maximum atomic E-state index is 13.9. The van der Waals surface area contributed by atoms with Gasteiger partial charge in [-0.25, -0.2) is 14.4 Å². The summed E-state index contributed by atoms with van der Waals surface area (Å²) >= 11 is 9.84. The van der Waals surface area contributed by atoms with Gasteiger partial charge < -0.3 is 4.57 Å². The number of aromatic nitrogens is 3. The normalized spacial score (nSPS) is 13.0. The zero-order chi connectivity index (χ0) is 15.1. The monoisotopic (exact) mass is 435 g/mol. The fourth-order valence-corrected chi connectivity index (χ4v) is 3.64. The first-order valence-corrected chi connectivity index (χ1v) is 8.69. The molecular formula is C14H12ClFIN3S. The molecule has 110 valence electrons. The highest BCUT2D eigenvalue weighted by molar-refractivity contribution is 14.1. The molecule has 21 heavy (non-hydrogen) atoms. The maximum Gasteiger partial charge on any atom is 0.138 e. The van der Waals surface area contributed by atoms with E-state index in [0.717, 1.165) is 26.7 Å². The Balaban J connectivity index is 2.17. The van der Waals surface area contributed by atoms with E-state index in [1.54, 1.807) is 17.4 Å². The molecule has 0 amide bonds. The molecule has 0 aliphatic carbocycles. The van der Waals surface area contributed by atoms with Crippen LogP contribution in [-0.2, 0) is 6.54 Å². The fraction of sp³-hybridized carbons (Fsp3) is 0.286. The van der Waals surface area contributed by atoms with Crippen molar-refractivity contribution in [1.82, 2.24) is 14.5 Å². The lowest BCUT2D eigenvalue weighted by Gasteiger charge is -2.09. The van der Waals surface area contributed by atoms with Crippen molar-refractivity contribution >= 4 is 56.6 Å². The van der Waals surface area contributed by atoms with Gasteiger partial charge in [0.1, 0.15) is 11.6 Å². The van der Waals surface area contributed by atoms with E-state index >= 15 is 0 Å². The summed E-state index contributed by atoms with van der Waals surface area (Å²) in [5.41, 5.74) is 1.53. The molecule has 2 heterocycles. The van der Waals surface area contributed by atoms with Gasteiger partial charge in [-0.15, -0.1) is 22.9 Å².